The molecule has 0 saturated carbocycles. The van der Waals surface area contributed by atoms with Crippen molar-refractivity contribution in [3.63, 3.8) is 0 Å². The summed E-state index contributed by atoms with van der Waals surface area (Å²) >= 11 is 0. The maximum absolute atomic E-state index is 12.9. The van der Waals surface area contributed by atoms with E-state index in [0.29, 0.717) is 38.2 Å². The van der Waals surface area contributed by atoms with Gasteiger partial charge in [0.05, 0.1) is 5.92 Å². The molecule has 2 aliphatic heterocycles. The summed E-state index contributed by atoms with van der Waals surface area (Å²) in [7, 11) is 0. The Morgan fingerprint density at radius 2 is 1.60 bits per heavy atom. The third-order valence-electron chi connectivity index (χ3n) is 5.85. The molecule has 0 aliphatic carbocycles. The van der Waals surface area contributed by atoms with Gasteiger partial charge < -0.3 is 20.2 Å². The average Bonchev–Trinajstić information content (AvgIpc) is 3.17. The zero-order valence-corrected chi connectivity index (χ0v) is 16.7. The molecule has 2 saturated heterocycles. The largest absolute Gasteiger partial charge is 0.508 e. The molecule has 2 aromatic carbocycles. The van der Waals surface area contributed by atoms with Crippen molar-refractivity contribution in [2.75, 3.05) is 29.9 Å². The second-order valence-corrected chi connectivity index (χ2v) is 7.88. The van der Waals surface area contributed by atoms with Crippen LogP contribution in [-0.2, 0) is 14.4 Å². The number of nitrogens with zero attached hydrogens (tertiary/aromatic N) is 2. The molecular formula is C23H25N3O4. The van der Waals surface area contributed by atoms with Gasteiger partial charge in [-0.05, 0) is 49.2 Å². The van der Waals surface area contributed by atoms with Crippen LogP contribution in [0.5, 0.6) is 5.75 Å². The Labute approximate surface area is 175 Å². The number of hydrogen-bond donors (Lipinski definition) is 2. The van der Waals surface area contributed by atoms with Crippen LogP contribution in [0.25, 0.3) is 0 Å². The summed E-state index contributed by atoms with van der Waals surface area (Å²) in [6, 6.07) is 15.8. The van der Waals surface area contributed by atoms with E-state index in [1.807, 2.05) is 30.3 Å². The van der Waals surface area contributed by atoms with Crippen molar-refractivity contribution in [1.29, 1.82) is 0 Å². The molecule has 2 heterocycles. The minimum Gasteiger partial charge on any atom is -0.508 e. The number of benzene rings is 2. The Balaban J connectivity index is 1.29. The fourth-order valence-electron chi connectivity index (χ4n) is 4.14. The van der Waals surface area contributed by atoms with Crippen molar-refractivity contribution < 1.29 is 19.5 Å². The van der Waals surface area contributed by atoms with Crippen LogP contribution in [0.1, 0.15) is 19.3 Å². The highest BCUT2D eigenvalue weighted by Crippen LogP contribution is 2.28. The molecule has 4 rings (SSSR count). The number of nitrogens with one attached hydrogen (secondary N) is 1. The SMILES string of the molecule is O=C(Nc1ccc(O)cc1)C1CCN(C(=O)[C@H]2CC(=O)N(c3ccccc3)C2)CC1. The van der Waals surface area contributed by atoms with Gasteiger partial charge in [-0.1, -0.05) is 18.2 Å². The molecule has 30 heavy (non-hydrogen) atoms. The van der Waals surface area contributed by atoms with Gasteiger partial charge in [0.2, 0.25) is 17.7 Å². The molecular weight excluding hydrogens is 382 g/mol. The summed E-state index contributed by atoms with van der Waals surface area (Å²) in [5, 5.41) is 12.2. The lowest BCUT2D eigenvalue weighted by atomic mass is 9.94. The number of hydrogen-bond acceptors (Lipinski definition) is 4. The number of carbonyl (C=O) groups excluding carboxylic acids is 3. The predicted molar refractivity (Wildman–Crippen MR) is 113 cm³/mol. The summed E-state index contributed by atoms with van der Waals surface area (Å²) in [4.78, 5) is 41.3. The van der Waals surface area contributed by atoms with Crippen molar-refractivity contribution in [1.82, 2.24) is 4.90 Å². The fourth-order valence-corrected chi connectivity index (χ4v) is 4.14. The van der Waals surface area contributed by atoms with Crippen LogP contribution in [0.15, 0.2) is 54.6 Å². The van der Waals surface area contributed by atoms with Crippen LogP contribution >= 0.6 is 0 Å². The number of amides is 3. The zero-order valence-electron chi connectivity index (χ0n) is 16.7. The molecule has 2 fully saturated rings. The smallest absolute Gasteiger partial charge is 0.228 e. The van der Waals surface area contributed by atoms with Gasteiger partial charge in [-0.25, -0.2) is 0 Å². The molecule has 7 heteroatoms. The number of phenolic OH excluding ortho intramolecular Hbond substituents is 1. The summed E-state index contributed by atoms with van der Waals surface area (Å²) in [6.07, 6.45) is 1.42. The summed E-state index contributed by atoms with van der Waals surface area (Å²) in [6.45, 7) is 1.44. The lowest BCUT2D eigenvalue weighted by Gasteiger charge is -2.33. The number of anilines is 2. The van der Waals surface area contributed by atoms with Gasteiger partial charge in [0.25, 0.3) is 0 Å². The highest BCUT2D eigenvalue weighted by atomic mass is 16.3. The summed E-state index contributed by atoms with van der Waals surface area (Å²) in [5.41, 5.74) is 1.46. The Kier molecular flexibility index (Phi) is 5.70. The van der Waals surface area contributed by atoms with Crippen LogP contribution in [0.4, 0.5) is 11.4 Å². The third kappa shape index (κ3) is 4.30. The first kappa shape index (κ1) is 19.9. The molecule has 0 spiro atoms. The number of phenols is 1. The van der Waals surface area contributed by atoms with Crippen molar-refractivity contribution in [2.45, 2.75) is 19.3 Å². The Bertz CT molecular complexity index is 921. The number of piperidine rings is 1. The van der Waals surface area contributed by atoms with Crippen molar-refractivity contribution in [3.05, 3.63) is 54.6 Å². The topological polar surface area (TPSA) is 90.0 Å². The Morgan fingerprint density at radius 3 is 2.27 bits per heavy atom. The average molecular weight is 407 g/mol. The van der Waals surface area contributed by atoms with Crippen molar-refractivity contribution in [3.8, 4) is 5.75 Å². The molecule has 0 unspecified atom stereocenters. The summed E-state index contributed by atoms with van der Waals surface area (Å²) < 4.78 is 0. The van der Waals surface area contributed by atoms with Crippen LogP contribution in [-0.4, -0.2) is 47.4 Å². The van der Waals surface area contributed by atoms with Gasteiger partial charge in [-0.3, -0.25) is 14.4 Å². The molecule has 2 aliphatic rings. The second kappa shape index (κ2) is 8.57. The second-order valence-electron chi connectivity index (χ2n) is 7.88. The van der Waals surface area contributed by atoms with Crippen molar-refractivity contribution in [2.24, 2.45) is 11.8 Å². The normalized spacial score (nSPS) is 19.7. The standard InChI is InChI=1S/C23H25N3O4/c27-20-8-6-18(7-9-20)24-22(29)16-10-12-25(13-11-16)23(30)17-14-21(28)26(15-17)19-4-2-1-3-5-19/h1-9,16-17,27H,10-15H2,(H,24,29)/t17-/m0/s1. The molecule has 0 aromatic heterocycles. The van der Waals surface area contributed by atoms with Crippen LogP contribution in [0.2, 0.25) is 0 Å². The first-order valence-electron chi connectivity index (χ1n) is 10.3. The van der Waals surface area contributed by atoms with Gasteiger partial charge in [0.15, 0.2) is 0 Å². The zero-order chi connectivity index (χ0) is 21.1. The monoisotopic (exact) mass is 407 g/mol. The molecule has 7 nitrogen and oxygen atoms in total. The fraction of sp³-hybridized carbons (Fsp3) is 0.348. The van der Waals surface area contributed by atoms with E-state index in [1.165, 1.54) is 12.1 Å². The molecule has 0 radical (unpaired) electrons. The van der Waals surface area contributed by atoms with Gasteiger partial charge in [-0.15, -0.1) is 0 Å². The lowest BCUT2D eigenvalue weighted by molar-refractivity contribution is -0.138. The molecule has 2 N–H and O–H groups in total. The lowest BCUT2D eigenvalue weighted by Crippen LogP contribution is -2.44. The maximum Gasteiger partial charge on any atom is 0.228 e. The van der Waals surface area contributed by atoms with Gasteiger partial charge in [-0.2, -0.15) is 0 Å². The van der Waals surface area contributed by atoms with Crippen LogP contribution in [0.3, 0.4) is 0 Å². The Morgan fingerprint density at radius 1 is 0.933 bits per heavy atom. The Hall–Kier alpha value is -3.35. The minimum absolute atomic E-state index is 0.000765. The molecule has 0 bridgehead atoms. The van der Waals surface area contributed by atoms with Gasteiger partial charge in [0, 0.05) is 43.3 Å². The minimum atomic E-state index is -0.333. The van der Waals surface area contributed by atoms with E-state index < -0.39 is 0 Å². The number of aromatic hydroxyl groups is 1. The van der Waals surface area contributed by atoms with Crippen LogP contribution in [0, 0.1) is 11.8 Å². The highest BCUT2D eigenvalue weighted by molar-refractivity contribution is 6.00. The van der Waals surface area contributed by atoms with E-state index >= 15 is 0 Å². The van der Waals surface area contributed by atoms with Crippen LogP contribution < -0.4 is 10.2 Å². The van der Waals surface area contributed by atoms with Gasteiger partial charge >= 0.3 is 0 Å². The summed E-state index contributed by atoms with van der Waals surface area (Å²) in [5.74, 6) is -0.439. The molecule has 2 aromatic rings. The molecule has 1 atom stereocenters. The van der Waals surface area contributed by atoms with Gasteiger partial charge in [0.1, 0.15) is 5.75 Å². The predicted octanol–water partition coefficient (Wildman–Crippen LogP) is 2.62. The first-order chi connectivity index (χ1) is 14.5. The maximum atomic E-state index is 12.9. The van der Waals surface area contributed by atoms with E-state index in [4.69, 9.17) is 0 Å². The highest BCUT2D eigenvalue weighted by Gasteiger charge is 2.38. The number of likely N-dealkylation sites (tertiary alicyclic amines) is 1. The third-order valence-corrected chi connectivity index (χ3v) is 5.85. The van der Waals surface area contributed by atoms with E-state index in [-0.39, 0.29) is 41.7 Å². The van der Waals surface area contributed by atoms with E-state index in [0.717, 1.165) is 5.69 Å². The van der Waals surface area contributed by atoms with E-state index in [9.17, 15) is 19.5 Å². The number of carbonyl (C=O) groups is 3. The number of para-hydroxylation sites is 1. The van der Waals surface area contributed by atoms with Crippen molar-refractivity contribution >= 4 is 29.1 Å². The molecule has 156 valence electrons. The van der Waals surface area contributed by atoms with E-state index in [1.54, 1.807) is 21.9 Å². The molecule has 3 amide bonds. The van der Waals surface area contributed by atoms with E-state index in [2.05, 4.69) is 5.32 Å². The number of rotatable bonds is 4. The quantitative estimate of drug-likeness (QED) is 0.763. The first-order valence-corrected chi connectivity index (χ1v) is 10.3.